The van der Waals surface area contributed by atoms with Crippen LogP contribution in [-0.4, -0.2) is 56.1 Å². The summed E-state index contributed by atoms with van der Waals surface area (Å²) < 4.78 is 13.9. The lowest BCUT2D eigenvalue weighted by molar-refractivity contribution is -0.123. The van der Waals surface area contributed by atoms with Gasteiger partial charge >= 0.3 is 0 Å². The molecule has 5 nitrogen and oxygen atoms in total. The van der Waals surface area contributed by atoms with Gasteiger partial charge in [-0.15, -0.1) is 0 Å². The number of likely N-dealkylation sites (N-methyl/N-ethyl adjacent to an activating group) is 1. The lowest BCUT2D eigenvalue weighted by Crippen LogP contribution is -2.47. The highest BCUT2D eigenvalue weighted by molar-refractivity contribution is 5.82. The van der Waals surface area contributed by atoms with Crippen LogP contribution in [-0.2, 0) is 4.79 Å². The molecule has 1 aromatic carbocycles. The Labute approximate surface area is 149 Å². The van der Waals surface area contributed by atoms with Crippen molar-refractivity contribution in [2.75, 3.05) is 44.2 Å². The highest BCUT2D eigenvalue weighted by Crippen LogP contribution is 2.28. The molecule has 0 aromatic heterocycles. The van der Waals surface area contributed by atoms with Crippen molar-refractivity contribution < 1.29 is 9.18 Å². The van der Waals surface area contributed by atoms with Crippen LogP contribution in [0.15, 0.2) is 18.2 Å². The number of hydrogen-bond acceptors (Lipinski definition) is 4. The van der Waals surface area contributed by atoms with Gasteiger partial charge in [0.05, 0.1) is 12.1 Å². The van der Waals surface area contributed by atoms with Crippen molar-refractivity contribution in [1.29, 1.82) is 0 Å². The molecule has 25 heavy (non-hydrogen) atoms. The summed E-state index contributed by atoms with van der Waals surface area (Å²) in [5.41, 5.74) is 1.89. The molecular weight excluding hydrogens is 319 g/mol. The minimum absolute atomic E-state index is 0.0102. The third-order valence-electron chi connectivity index (χ3n) is 5.35. The molecule has 2 saturated heterocycles. The fourth-order valence-corrected chi connectivity index (χ4v) is 3.77. The van der Waals surface area contributed by atoms with Gasteiger partial charge in [0, 0.05) is 37.4 Å². The zero-order valence-electron chi connectivity index (χ0n) is 15.2. The first-order valence-electron chi connectivity index (χ1n) is 9.39. The number of piperazine rings is 1. The lowest BCUT2D eigenvalue weighted by atomic mass is 10.0. The molecule has 2 N–H and O–H groups in total. The number of anilines is 1. The van der Waals surface area contributed by atoms with Crippen molar-refractivity contribution >= 4 is 11.6 Å². The van der Waals surface area contributed by atoms with E-state index in [1.165, 1.54) is 6.07 Å². The Morgan fingerprint density at radius 3 is 2.76 bits per heavy atom. The quantitative estimate of drug-likeness (QED) is 0.853. The number of hydrogen-bond donors (Lipinski definition) is 2. The Morgan fingerprint density at radius 2 is 2.12 bits per heavy atom. The fourth-order valence-electron chi connectivity index (χ4n) is 3.77. The van der Waals surface area contributed by atoms with Crippen LogP contribution in [0.5, 0.6) is 0 Å². The molecule has 2 heterocycles. The van der Waals surface area contributed by atoms with E-state index in [1.807, 2.05) is 13.0 Å². The first-order valence-corrected chi connectivity index (χ1v) is 9.39. The molecule has 2 atom stereocenters. The predicted molar refractivity (Wildman–Crippen MR) is 98.3 cm³/mol. The molecule has 2 aliphatic heterocycles. The van der Waals surface area contributed by atoms with Crippen molar-refractivity contribution in [2.45, 2.75) is 38.8 Å². The molecule has 2 aliphatic rings. The van der Waals surface area contributed by atoms with E-state index >= 15 is 0 Å². The van der Waals surface area contributed by atoms with Gasteiger partial charge in [0.2, 0.25) is 5.91 Å². The Hall–Kier alpha value is -1.66. The van der Waals surface area contributed by atoms with E-state index in [1.54, 1.807) is 6.07 Å². The molecular formula is C19H29FN4O. The Morgan fingerprint density at radius 1 is 1.36 bits per heavy atom. The summed E-state index contributed by atoms with van der Waals surface area (Å²) in [7, 11) is 0. The second kappa shape index (κ2) is 8.15. The van der Waals surface area contributed by atoms with Crippen LogP contribution in [0.2, 0.25) is 0 Å². The number of benzene rings is 1. The largest absolute Gasteiger partial charge is 0.369 e. The van der Waals surface area contributed by atoms with Crippen LogP contribution in [0.4, 0.5) is 10.1 Å². The molecule has 1 amide bonds. The van der Waals surface area contributed by atoms with E-state index in [2.05, 4.69) is 27.4 Å². The van der Waals surface area contributed by atoms with E-state index < -0.39 is 0 Å². The Bertz CT molecular complexity index is 595. The molecule has 0 spiro atoms. The first kappa shape index (κ1) is 18.1. The van der Waals surface area contributed by atoms with E-state index in [0.717, 1.165) is 63.4 Å². The number of carbonyl (C=O) groups excluding carboxylic acids is 1. The summed E-state index contributed by atoms with van der Waals surface area (Å²) in [6, 6.07) is 4.59. The maximum Gasteiger partial charge on any atom is 0.237 e. The topological polar surface area (TPSA) is 47.6 Å². The molecule has 2 fully saturated rings. The van der Waals surface area contributed by atoms with Gasteiger partial charge in [0.1, 0.15) is 5.82 Å². The second-order valence-corrected chi connectivity index (χ2v) is 7.00. The zero-order chi connectivity index (χ0) is 17.8. The molecule has 0 radical (unpaired) electrons. The highest BCUT2D eigenvalue weighted by Gasteiger charge is 2.26. The Balaban J connectivity index is 1.73. The Kier molecular flexibility index (Phi) is 5.91. The maximum atomic E-state index is 13.9. The minimum atomic E-state index is -0.258. The maximum absolute atomic E-state index is 13.9. The standard InChI is InChI=1S/C19H29FN4O/c1-3-23-9-11-24(12-10-23)18-7-6-15(20)13-16(18)14(2)22-19(25)17-5-4-8-21-17/h6-7,13-14,17,21H,3-5,8-12H2,1-2H3,(H,22,25)/t14-,17-/m1/s1. The van der Waals surface area contributed by atoms with Gasteiger partial charge in [-0.1, -0.05) is 6.92 Å². The monoisotopic (exact) mass is 348 g/mol. The second-order valence-electron chi connectivity index (χ2n) is 7.00. The van der Waals surface area contributed by atoms with Crippen molar-refractivity contribution in [3.63, 3.8) is 0 Å². The molecule has 0 saturated carbocycles. The molecule has 0 unspecified atom stereocenters. The van der Waals surface area contributed by atoms with Gasteiger partial charge in [-0.05, 0) is 51.1 Å². The van der Waals surface area contributed by atoms with Crippen LogP contribution in [0.25, 0.3) is 0 Å². The summed E-state index contributed by atoms with van der Waals surface area (Å²) >= 11 is 0. The van der Waals surface area contributed by atoms with Gasteiger partial charge in [0.25, 0.3) is 0 Å². The van der Waals surface area contributed by atoms with Gasteiger partial charge in [-0.3, -0.25) is 4.79 Å². The molecule has 0 aliphatic carbocycles. The zero-order valence-corrected chi connectivity index (χ0v) is 15.2. The third-order valence-corrected chi connectivity index (χ3v) is 5.35. The predicted octanol–water partition coefficient (Wildman–Crippen LogP) is 1.90. The average Bonchev–Trinajstić information content (AvgIpc) is 3.16. The van der Waals surface area contributed by atoms with Crippen molar-refractivity contribution in [2.24, 2.45) is 0 Å². The molecule has 138 valence electrons. The van der Waals surface area contributed by atoms with Gasteiger partial charge in [-0.2, -0.15) is 0 Å². The highest BCUT2D eigenvalue weighted by atomic mass is 19.1. The van der Waals surface area contributed by atoms with Crippen molar-refractivity contribution in [3.05, 3.63) is 29.6 Å². The van der Waals surface area contributed by atoms with Crippen LogP contribution in [0, 0.1) is 5.82 Å². The van der Waals surface area contributed by atoms with Crippen molar-refractivity contribution in [1.82, 2.24) is 15.5 Å². The number of carbonyl (C=O) groups is 1. The summed E-state index contributed by atoms with van der Waals surface area (Å²) in [5.74, 6) is -0.248. The molecule has 3 rings (SSSR count). The summed E-state index contributed by atoms with van der Waals surface area (Å²) in [6.45, 7) is 9.94. The number of rotatable bonds is 5. The van der Waals surface area contributed by atoms with Crippen LogP contribution >= 0.6 is 0 Å². The number of halogens is 1. The fraction of sp³-hybridized carbons (Fsp3) is 0.632. The minimum Gasteiger partial charge on any atom is -0.369 e. The number of nitrogens with one attached hydrogen (secondary N) is 2. The SMILES string of the molecule is CCN1CCN(c2ccc(F)cc2[C@@H](C)NC(=O)[C@H]2CCCN2)CC1. The van der Waals surface area contributed by atoms with Gasteiger partial charge in [0.15, 0.2) is 0 Å². The number of amides is 1. The van der Waals surface area contributed by atoms with Crippen LogP contribution < -0.4 is 15.5 Å². The lowest BCUT2D eigenvalue weighted by Gasteiger charge is -2.37. The molecule has 1 aromatic rings. The smallest absolute Gasteiger partial charge is 0.237 e. The van der Waals surface area contributed by atoms with Gasteiger partial charge < -0.3 is 20.4 Å². The van der Waals surface area contributed by atoms with Crippen LogP contribution in [0.3, 0.4) is 0 Å². The third kappa shape index (κ3) is 4.30. The van der Waals surface area contributed by atoms with Crippen molar-refractivity contribution in [3.8, 4) is 0 Å². The summed E-state index contributed by atoms with van der Waals surface area (Å²) in [5, 5.41) is 6.27. The summed E-state index contributed by atoms with van der Waals surface area (Å²) in [6.07, 6.45) is 1.90. The first-order chi connectivity index (χ1) is 12.1. The normalized spacial score (nSPS) is 22.8. The van der Waals surface area contributed by atoms with E-state index in [0.29, 0.717) is 0 Å². The number of nitrogens with zero attached hydrogens (tertiary/aromatic N) is 2. The molecule has 0 bridgehead atoms. The van der Waals surface area contributed by atoms with Crippen LogP contribution in [0.1, 0.15) is 38.3 Å². The van der Waals surface area contributed by atoms with E-state index in [-0.39, 0.29) is 23.8 Å². The van der Waals surface area contributed by atoms with Gasteiger partial charge in [-0.25, -0.2) is 4.39 Å². The summed E-state index contributed by atoms with van der Waals surface area (Å²) in [4.78, 5) is 17.1. The van der Waals surface area contributed by atoms with E-state index in [4.69, 9.17) is 0 Å². The van der Waals surface area contributed by atoms with E-state index in [9.17, 15) is 9.18 Å². The molecule has 6 heteroatoms. The average molecular weight is 348 g/mol.